The van der Waals surface area contributed by atoms with E-state index in [1.165, 1.54) is 6.08 Å². The lowest BCUT2D eigenvalue weighted by Gasteiger charge is -2.06. The highest BCUT2D eigenvalue weighted by molar-refractivity contribution is 7.80. The van der Waals surface area contributed by atoms with E-state index in [-0.39, 0.29) is 5.83 Å². The Morgan fingerprint density at radius 3 is 2.89 bits per heavy atom. The topological polar surface area (TPSA) is 0 Å². The van der Waals surface area contributed by atoms with Crippen LogP contribution in [0.2, 0.25) is 0 Å². The van der Waals surface area contributed by atoms with Crippen LogP contribution in [0.1, 0.15) is 12.8 Å². The molecule has 0 atom stereocenters. The smallest absolute Gasteiger partial charge is 0.122 e. The van der Waals surface area contributed by atoms with Gasteiger partial charge in [0.1, 0.15) is 5.83 Å². The molecule has 1 rings (SSSR count). The molecule has 50 valence electrons. The molecule has 2 heteroatoms. The summed E-state index contributed by atoms with van der Waals surface area (Å²) in [5.74, 6) is 0.465. The van der Waals surface area contributed by atoms with Gasteiger partial charge in [0.2, 0.25) is 0 Å². The highest BCUT2D eigenvalue weighted by Crippen LogP contribution is 2.20. The van der Waals surface area contributed by atoms with Crippen LogP contribution < -0.4 is 0 Å². The summed E-state index contributed by atoms with van der Waals surface area (Å²) in [6, 6.07) is 0. The summed E-state index contributed by atoms with van der Waals surface area (Å²) in [6.45, 7) is 0. The predicted molar refractivity (Wildman–Crippen MR) is 40.4 cm³/mol. The van der Waals surface area contributed by atoms with Gasteiger partial charge in [-0.2, -0.15) is 12.6 Å². The van der Waals surface area contributed by atoms with Crippen LogP contribution in [0.5, 0.6) is 0 Å². The fourth-order valence-electron chi connectivity index (χ4n) is 0.836. The molecule has 0 aromatic carbocycles. The van der Waals surface area contributed by atoms with Gasteiger partial charge in [-0.3, -0.25) is 0 Å². The van der Waals surface area contributed by atoms with Gasteiger partial charge in [0.15, 0.2) is 0 Å². The Hall–Kier alpha value is -0.240. The van der Waals surface area contributed by atoms with E-state index in [4.69, 9.17) is 0 Å². The number of thiol groups is 1. The van der Waals surface area contributed by atoms with Crippen LogP contribution in [0.4, 0.5) is 4.39 Å². The zero-order valence-electron chi connectivity index (χ0n) is 5.10. The lowest BCUT2D eigenvalue weighted by molar-refractivity contribution is 0.637. The summed E-state index contributed by atoms with van der Waals surface area (Å²) in [6.07, 6.45) is 5.17. The maximum atomic E-state index is 12.6. The lowest BCUT2D eigenvalue weighted by Crippen LogP contribution is -1.91. The fourth-order valence-corrected chi connectivity index (χ4v) is 1.15. The molecule has 0 nitrogen and oxygen atoms in total. The molecule has 0 spiro atoms. The molecule has 0 heterocycles. The Labute approximate surface area is 59.9 Å². The minimum absolute atomic E-state index is 0.0868. The Kier molecular flexibility index (Phi) is 2.34. The summed E-state index contributed by atoms with van der Waals surface area (Å²) < 4.78 is 12.6. The van der Waals surface area contributed by atoms with E-state index in [2.05, 4.69) is 12.6 Å². The molecule has 0 fully saturated rings. The van der Waals surface area contributed by atoms with Crippen LogP contribution in [-0.4, -0.2) is 5.75 Å². The first kappa shape index (κ1) is 6.87. The number of halogens is 1. The molecule has 0 aromatic heterocycles. The molecule has 9 heavy (non-hydrogen) atoms. The molecule has 0 N–H and O–H groups in total. The Morgan fingerprint density at radius 1 is 1.67 bits per heavy atom. The molecule has 0 radical (unpaired) electrons. The molecule has 0 bridgehead atoms. The van der Waals surface area contributed by atoms with Crippen molar-refractivity contribution in [1.29, 1.82) is 0 Å². The van der Waals surface area contributed by atoms with Crippen molar-refractivity contribution in [2.24, 2.45) is 0 Å². The van der Waals surface area contributed by atoms with Crippen molar-refractivity contribution in [3.05, 3.63) is 23.6 Å². The van der Waals surface area contributed by atoms with Gasteiger partial charge >= 0.3 is 0 Å². The third-order valence-corrected chi connectivity index (χ3v) is 1.79. The van der Waals surface area contributed by atoms with E-state index in [9.17, 15) is 4.39 Å². The van der Waals surface area contributed by atoms with E-state index in [1.54, 1.807) is 0 Å². The van der Waals surface area contributed by atoms with E-state index in [0.717, 1.165) is 18.4 Å². The van der Waals surface area contributed by atoms with Gasteiger partial charge in [0, 0.05) is 5.75 Å². The number of hydrogen-bond donors (Lipinski definition) is 1. The maximum absolute atomic E-state index is 12.6. The van der Waals surface area contributed by atoms with Crippen molar-refractivity contribution in [3.63, 3.8) is 0 Å². The summed E-state index contributed by atoms with van der Waals surface area (Å²) in [5.41, 5.74) is 0.834. The molecule has 0 amide bonds. The first-order chi connectivity index (χ1) is 4.34. The lowest BCUT2D eigenvalue weighted by atomic mass is 10.1. The van der Waals surface area contributed by atoms with Crippen LogP contribution in [0.15, 0.2) is 23.6 Å². The van der Waals surface area contributed by atoms with Gasteiger partial charge in [-0.1, -0.05) is 6.08 Å². The van der Waals surface area contributed by atoms with Gasteiger partial charge in [-0.05, 0) is 24.5 Å². The molecule has 0 unspecified atom stereocenters. The van der Waals surface area contributed by atoms with Crippen LogP contribution in [0.3, 0.4) is 0 Å². The zero-order valence-corrected chi connectivity index (χ0v) is 6.00. The predicted octanol–water partition coefficient (Wildman–Crippen LogP) is 2.49. The first-order valence-electron chi connectivity index (χ1n) is 2.99. The van der Waals surface area contributed by atoms with Crippen molar-refractivity contribution in [3.8, 4) is 0 Å². The number of hydrogen-bond acceptors (Lipinski definition) is 1. The van der Waals surface area contributed by atoms with Gasteiger partial charge in [0.25, 0.3) is 0 Å². The third-order valence-electron chi connectivity index (χ3n) is 1.41. The van der Waals surface area contributed by atoms with Crippen molar-refractivity contribution in [2.45, 2.75) is 12.8 Å². The van der Waals surface area contributed by atoms with E-state index in [1.807, 2.05) is 6.08 Å². The summed E-state index contributed by atoms with van der Waals surface area (Å²) in [5, 5.41) is 0. The van der Waals surface area contributed by atoms with Crippen molar-refractivity contribution in [2.75, 3.05) is 5.75 Å². The molecule has 0 aliphatic heterocycles. The molecule has 1 aliphatic carbocycles. The zero-order chi connectivity index (χ0) is 6.69. The molecule has 0 aromatic rings. The molecule has 0 saturated carbocycles. The van der Waals surface area contributed by atoms with Crippen LogP contribution in [0.25, 0.3) is 0 Å². The monoisotopic (exact) mass is 144 g/mol. The molecule has 0 saturated heterocycles. The van der Waals surface area contributed by atoms with Crippen LogP contribution in [0, 0.1) is 0 Å². The Morgan fingerprint density at radius 2 is 2.44 bits per heavy atom. The van der Waals surface area contributed by atoms with Crippen molar-refractivity contribution in [1.82, 2.24) is 0 Å². The third kappa shape index (κ3) is 1.58. The number of allylic oxidation sites excluding steroid dienone is 3. The van der Waals surface area contributed by atoms with Crippen molar-refractivity contribution < 1.29 is 4.39 Å². The normalized spacial score (nSPS) is 18.9. The highest BCUT2D eigenvalue weighted by atomic mass is 32.1. The molecular formula is C7H9FS. The minimum Gasteiger partial charge on any atom is -0.207 e. The SMILES string of the molecule is FC1=C(CS)CCC=C1. The quantitative estimate of drug-likeness (QED) is 0.537. The van der Waals surface area contributed by atoms with Gasteiger partial charge < -0.3 is 0 Å². The Balaban J connectivity index is 2.72. The van der Waals surface area contributed by atoms with Crippen molar-refractivity contribution >= 4 is 12.6 Å². The summed E-state index contributed by atoms with van der Waals surface area (Å²) in [4.78, 5) is 0. The average molecular weight is 144 g/mol. The second-order valence-electron chi connectivity index (χ2n) is 2.05. The van der Waals surface area contributed by atoms with Crippen LogP contribution >= 0.6 is 12.6 Å². The van der Waals surface area contributed by atoms with Gasteiger partial charge in [0.05, 0.1) is 0 Å². The van der Waals surface area contributed by atoms with E-state index in [0.29, 0.717) is 5.75 Å². The second-order valence-corrected chi connectivity index (χ2v) is 2.37. The van der Waals surface area contributed by atoms with Crippen LogP contribution in [-0.2, 0) is 0 Å². The fraction of sp³-hybridized carbons (Fsp3) is 0.429. The average Bonchev–Trinajstić information content (AvgIpc) is 1.89. The number of rotatable bonds is 1. The summed E-state index contributed by atoms with van der Waals surface area (Å²) >= 11 is 3.99. The maximum Gasteiger partial charge on any atom is 0.122 e. The minimum atomic E-state index is -0.0868. The highest BCUT2D eigenvalue weighted by Gasteiger charge is 2.04. The van der Waals surface area contributed by atoms with Gasteiger partial charge in [-0.25, -0.2) is 4.39 Å². The molecule has 1 aliphatic rings. The van der Waals surface area contributed by atoms with E-state index < -0.39 is 0 Å². The van der Waals surface area contributed by atoms with E-state index >= 15 is 0 Å². The molecular weight excluding hydrogens is 135 g/mol. The standard InChI is InChI=1S/C7H9FS/c8-7-4-2-1-3-6(7)5-9/h2,4,9H,1,3,5H2. The van der Waals surface area contributed by atoms with Gasteiger partial charge in [-0.15, -0.1) is 0 Å². The second kappa shape index (κ2) is 3.06. The first-order valence-corrected chi connectivity index (χ1v) is 3.63. The summed E-state index contributed by atoms with van der Waals surface area (Å²) in [7, 11) is 0. The largest absolute Gasteiger partial charge is 0.207 e. The Bertz CT molecular complexity index is 158.